The Kier molecular flexibility index (Phi) is 2.59. The van der Waals surface area contributed by atoms with Crippen molar-refractivity contribution in [1.29, 1.82) is 0 Å². The van der Waals surface area contributed by atoms with Gasteiger partial charge in [-0.25, -0.2) is 9.37 Å². The lowest BCUT2D eigenvalue weighted by atomic mass is 10.2. The summed E-state index contributed by atoms with van der Waals surface area (Å²) in [4.78, 5) is 5.86. The van der Waals surface area contributed by atoms with Gasteiger partial charge in [0.1, 0.15) is 11.3 Å². The number of anilines is 3. The van der Waals surface area contributed by atoms with Crippen LogP contribution < -0.4 is 10.6 Å². The monoisotopic (exact) mass is 257 g/mol. The quantitative estimate of drug-likeness (QED) is 0.715. The Balaban J connectivity index is 2.07. The largest absolute Gasteiger partial charge is 0.443 e. The first-order chi connectivity index (χ1) is 9.15. The van der Waals surface area contributed by atoms with E-state index in [1.54, 1.807) is 11.0 Å². The zero-order chi connectivity index (χ0) is 13.4. The van der Waals surface area contributed by atoms with Crippen LogP contribution in [0.1, 0.15) is 0 Å². The first-order valence-electron chi connectivity index (χ1n) is 5.77. The fourth-order valence-corrected chi connectivity index (χ4v) is 2.00. The summed E-state index contributed by atoms with van der Waals surface area (Å²) in [5, 5.41) is 0. The highest BCUT2D eigenvalue weighted by Gasteiger charge is 2.10. The lowest BCUT2D eigenvalue weighted by molar-refractivity contribution is 0.602. The Morgan fingerprint density at radius 1 is 1.21 bits per heavy atom. The van der Waals surface area contributed by atoms with Gasteiger partial charge in [0.25, 0.3) is 0 Å². The molecule has 0 saturated heterocycles. The molecule has 2 N–H and O–H groups in total. The van der Waals surface area contributed by atoms with E-state index in [1.165, 1.54) is 18.5 Å². The molecule has 0 atom stereocenters. The third-order valence-electron chi connectivity index (χ3n) is 3.06. The molecule has 5 heteroatoms. The summed E-state index contributed by atoms with van der Waals surface area (Å²) in [6.07, 6.45) is 1.39. The number of hydrogen-bond acceptors (Lipinski definition) is 4. The molecule has 0 bridgehead atoms. The first-order valence-corrected chi connectivity index (χ1v) is 5.77. The van der Waals surface area contributed by atoms with Gasteiger partial charge in [0, 0.05) is 18.8 Å². The number of nitrogens with zero attached hydrogens (tertiary/aromatic N) is 2. The molecule has 0 saturated carbocycles. The Morgan fingerprint density at radius 3 is 2.89 bits per heavy atom. The fraction of sp³-hybridized carbons (Fsp3) is 0.0714. The van der Waals surface area contributed by atoms with E-state index in [-0.39, 0.29) is 5.82 Å². The highest BCUT2D eigenvalue weighted by molar-refractivity contribution is 5.81. The van der Waals surface area contributed by atoms with E-state index in [4.69, 9.17) is 10.2 Å². The van der Waals surface area contributed by atoms with Crippen molar-refractivity contribution in [3.63, 3.8) is 0 Å². The molecule has 0 amide bonds. The number of aromatic nitrogens is 1. The van der Waals surface area contributed by atoms with E-state index in [2.05, 4.69) is 4.98 Å². The van der Waals surface area contributed by atoms with Crippen molar-refractivity contribution in [2.45, 2.75) is 0 Å². The van der Waals surface area contributed by atoms with Crippen LogP contribution >= 0.6 is 0 Å². The molecule has 3 rings (SSSR count). The number of rotatable bonds is 2. The third-order valence-corrected chi connectivity index (χ3v) is 3.06. The predicted molar refractivity (Wildman–Crippen MR) is 72.9 cm³/mol. The van der Waals surface area contributed by atoms with Crippen molar-refractivity contribution in [3.8, 4) is 0 Å². The molecular formula is C14H12FN3O. The van der Waals surface area contributed by atoms with E-state index >= 15 is 0 Å². The Hall–Kier alpha value is -2.56. The standard InChI is InChI=1S/C14H12FN3O/c1-18(13-6-9(15)2-4-11(13)16)10-3-5-12-14(7-10)19-8-17-12/h2-8H,16H2,1H3. The summed E-state index contributed by atoms with van der Waals surface area (Å²) in [7, 11) is 1.82. The van der Waals surface area contributed by atoms with E-state index in [0.29, 0.717) is 17.0 Å². The van der Waals surface area contributed by atoms with Gasteiger partial charge in [-0.05, 0) is 30.3 Å². The second-order valence-electron chi connectivity index (χ2n) is 4.27. The van der Waals surface area contributed by atoms with Crippen LogP contribution in [0, 0.1) is 5.82 Å². The van der Waals surface area contributed by atoms with Crippen LogP contribution in [0.3, 0.4) is 0 Å². The number of nitrogens with two attached hydrogens (primary N) is 1. The summed E-state index contributed by atoms with van der Waals surface area (Å²) in [5.74, 6) is -0.322. The molecule has 19 heavy (non-hydrogen) atoms. The normalized spacial score (nSPS) is 10.8. The number of halogens is 1. The topological polar surface area (TPSA) is 55.3 Å². The van der Waals surface area contributed by atoms with E-state index in [0.717, 1.165) is 11.2 Å². The molecule has 0 spiro atoms. The van der Waals surface area contributed by atoms with Crippen molar-refractivity contribution in [2.24, 2.45) is 0 Å². The van der Waals surface area contributed by atoms with Gasteiger partial charge in [0.15, 0.2) is 12.0 Å². The molecule has 4 nitrogen and oxygen atoms in total. The maximum absolute atomic E-state index is 13.3. The summed E-state index contributed by atoms with van der Waals surface area (Å²) in [6.45, 7) is 0. The van der Waals surface area contributed by atoms with Crippen LogP contribution in [0.25, 0.3) is 11.1 Å². The van der Waals surface area contributed by atoms with Gasteiger partial charge >= 0.3 is 0 Å². The molecule has 3 aromatic rings. The molecule has 1 aromatic heterocycles. The highest BCUT2D eigenvalue weighted by Crippen LogP contribution is 2.31. The zero-order valence-electron chi connectivity index (χ0n) is 10.3. The van der Waals surface area contributed by atoms with Gasteiger partial charge in [-0.2, -0.15) is 0 Å². The molecule has 1 heterocycles. The van der Waals surface area contributed by atoms with Gasteiger partial charge in [0.05, 0.1) is 11.4 Å². The minimum Gasteiger partial charge on any atom is -0.443 e. The van der Waals surface area contributed by atoms with Gasteiger partial charge in [-0.3, -0.25) is 0 Å². The smallest absolute Gasteiger partial charge is 0.181 e. The van der Waals surface area contributed by atoms with Crippen LogP contribution in [0.2, 0.25) is 0 Å². The lowest BCUT2D eigenvalue weighted by Crippen LogP contribution is -2.11. The second-order valence-corrected chi connectivity index (χ2v) is 4.27. The minimum absolute atomic E-state index is 0.322. The average Bonchev–Trinajstić information content (AvgIpc) is 2.88. The average molecular weight is 257 g/mol. The summed E-state index contributed by atoms with van der Waals surface area (Å²) in [5.41, 5.74) is 9.31. The molecule has 0 fully saturated rings. The Bertz CT molecular complexity index is 738. The number of nitrogen functional groups attached to an aromatic ring is 1. The first kappa shape index (κ1) is 11.5. The van der Waals surface area contributed by atoms with Gasteiger partial charge in [-0.1, -0.05) is 0 Å². The van der Waals surface area contributed by atoms with Crippen molar-refractivity contribution >= 4 is 28.2 Å². The van der Waals surface area contributed by atoms with Crippen LogP contribution in [-0.2, 0) is 0 Å². The van der Waals surface area contributed by atoms with Crippen molar-refractivity contribution in [1.82, 2.24) is 4.98 Å². The Labute approximate surface area is 109 Å². The SMILES string of the molecule is CN(c1ccc2ncoc2c1)c1cc(F)ccc1N. The number of fused-ring (bicyclic) bond motifs is 1. The lowest BCUT2D eigenvalue weighted by Gasteiger charge is -2.21. The molecule has 0 aliphatic carbocycles. The number of benzene rings is 2. The maximum atomic E-state index is 13.3. The van der Waals surface area contributed by atoms with Gasteiger partial charge in [0.2, 0.25) is 0 Å². The number of oxazole rings is 1. The molecule has 0 aliphatic rings. The predicted octanol–water partition coefficient (Wildman–Crippen LogP) is 3.32. The van der Waals surface area contributed by atoms with Crippen LogP contribution in [0.15, 0.2) is 47.2 Å². The van der Waals surface area contributed by atoms with E-state index in [1.807, 2.05) is 25.2 Å². The zero-order valence-corrected chi connectivity index (χ0v) is 10.3. The fourth-order valence-electron chi connectivity index (χ4n) is 2.00. The van der Waals surface area contributed by atoms with E-state index < -0.39 is 0 Å². The van der Waals surface area contributed by atoms with Crippen LogP contribution in [0.4, 0.5) is 21.5 Å². The minimum atomic E-state index is -0.322. The van der Waals surface area contributed by atoms with Crippen molar-refractivity contribution in [2.75, 3.05) is 17.7 Å². The molecule has 2 aromatic carbocycles. The van der Waals surface area contributed by atoms with Crippen LogP contribution in [-0.4, -0.2) is 12.0 Å². The summed E-state index contributed by atoms with van der Waals surface area (Å²) in [6, 6.07) is 9.86. The van der Waals surface area contributed by atoms with E-state index in [9.17, 15) is 4.39 Å². The van der Waals surface area contributed by atoms with Crippen molar-refractivity contribution in [3.05, 3.63) is 48.6 Å². The van der Waals surface area contributed by atoms with Gasteiger partial charge in [-0.15, -0.1) is 0 Å². The third kappa shape index (κ3) is 1.99. The highest BCUT2D eigenvalue weighted by atomic mass is 19.1. The number of hydrogen-bond donors (Lipinski definition) is 1. The Morgan fingerprint density at radius 2 is 2.05 bits per heavy atom. The summed E-state index contributed by atoms with van der Waals surface area (Å²) >= 11 is 0. The maximum Gasteiger partial charge on any atom is 0.181 e. The van der Waals surface area contributed by atoms with Gasteiger partial charge < -0.3 is 15.1 Å². The molecule has 96 valence electrons. The molecular weight excluding hydrogens is 245 g/mol. The molecule has 0 unspecified atom stereocenters. The molecule has 0 radical (unpaired) electrons. The second kappa shape index (κ2) is 4.28. The summed E-state index contributed by atoms with van der Waals surface area (Å²) < 4.78 is 18.6. The molecule has 0 aliphatic heterocycles. The van der Waals surface area contributed by atoms with Crippen molar-refractivity contribution < 1.29 is 8.81 Å². The van der Waals surface area contributed by atoms with Crippen LogP contribution in [0.5, 0.6) is 0 Å².